The van der Waals surface area contributed by atoms with E-state index in [4.69, 9.17) is 4.52 Å². The van der Waals surface area contributed by atoms with E-state index >= 15 is 0 Å². The highest BCUT2D eigenvalue weighted by Crippen LogP contribution is 2.21. The molecule has 82 valence electrons. The Kier molecular flexibility index (Phi) is 3.14. The van der Waals surface area contributed by atoms with Crippen molar-refractivity contribution in [3.8, 4) is 11.5 Å². The standard InChI is InChI=1S/C11H9BrN2O2/c1-7(15)5-10-13-11(16-14-10)8-3-2-4-9(12)6-8/h2-4,6H,5H2,1H3. The average molecular weight is 281 g/mol. The first-order chi connectivity index (χ1) is 7.65. The molecule has 4 nitrogen and oxygen atoms in total. The van der Waals surface area contributed by atoms with Crippen LogP contribution in [0.4, 0.5) is 0 Å². The zero-order valence-electron chi connectivity index (χ0n) is 8.61. The molecule has 0 aliphatic carbocycles. The highest BCUT2D eigenvalue weighted by atomic mass is 79.9. The summed E-state index contributed by atoms with van der Waals surface area (Å²) >= 11 is 3.36. The summed E-state index contributed by atoms with van der Waals surface area (Å²) < 4.78 is 6.01. The van der Waals surface area contributed by atoms with Gasteiger partial charge in [0.1, 0.15) is 5.78 Å². The third-order valence-electron chi connectivity index (χ3n) is 1.95. The normalized spacial score (nSPS) is 10.4. The van der Waals surface area contributed by atoms with Gasteiger partial charge in [-0.25, -0.2) is 0 Å². The quantitative estimate of drug-likeness (QED) is 0.867. The summed E-state index contributed by atoms with van der Waals surface area (Å²) in [6, 6.07) is 7.55. The van der Waals surface area contributed by atoms with Crippen molar-refractivity contribution in [1.29, 1.82) is 0 Å². The van der Waals surface area contributed by atoms with Crippen LogP contribution in [0.1, 0.15) is 12.7 Å². The fourth-order valence-corrected chi connectivity index (χ4v) is 1.69. The molecule has 2 aromatic rings. The Morgan fingerprint density at radius 1 is 1.50 bits per heavy atom. The highest BCUT2D eigenvalue weighted by molar-refractivity contribution is 9.10. The van der Waals surface area contributed by atoms with Gasteiger partial charge in [-0.1, -0.05) is 27.2 Å². The molecule has 0 radical (unpaired) electrons. The summed E-state index contributed by atoms with van der Waals surface area (Å²) in [6.07, 6.45) is 0.206. The average Bonchev–Trinajstić information content (AvgIpc) is 2.65. The Balaban J connectivity index is 2.28. The van der Waals surface area contributed by atoms with E-state index in [0.29, 0.717) is 11.7 Å². The van der Waals surface area contributed by atoms with Gasteiger partial charge in [-0.15, -0.1) is 0 Å². The van der Waals surface area contributed by atoms with E-state index in [-0.39, 0.29) is 12.2 Å². The van der Waals surface area contributed by atoms with Crippen molar-refractivity contribution in [2.24, 2.45) is 0 Å². The maximum absolute atomic E-state index is 10.9. The summed E-state index contributed by atoms with van der Waals surface area (Å²) in [5.74, 6) is 0.863. The molecular weight excluding hydrogens is 272 g/mol. The number of carbonyl (C=O) groups is 1. The first-order valence-electron chi connectivity index (χ1n) is 4.73. The molecule has 0 unspecified atom stereocenters. The lowest BCUT2D eigenvalue weighted by molar-refractivity contribution is -0.116. The van der Waals surface area contributed by atoms with Crippen LogP contribution in [0.25, 0.3) is 11.5 Å². The minimum absolute atomic E-state index is 0.0154. The molecule has 0 fully saturated rings. The van der Waals surface area contributed by atoms with E-state index in [2.05, 4.69) is 26.1 Å². The zero-order chi connectivity index (χ0) is 11.5. The number of aromatic nitrogens is 2. The van der Waals surface area contributed by atoms with E-state index in [1.807, 2.05) is 24.3 Å². The third-order valence-corrected chi connectivity index (χ3v) is 2.44. The number of nitrogens with zero attached hydrogens (tertiary/aromatic N) is 2. The smallest absolute Gasteiger partial charge is 0.257 e. The predicted molar refractivity (Wildman–Crippen MR) is 61.8 cm³/mol. The van der Waals surface area contributed by atoms with E-state index in [9.17, 15) is 4.79 Å². The van der Waals surface area contributed by atoms with Crippen molar-refractivity contribution in [2.75, 3.05) is 0 Å². The molecule has 0 aliphatic rings. The number of ketones is 1. The molecule has 16 heavy (non-hydrogen) atoms. The number of halogens is 1. The van der Waals surface area contributed by atoms with Crippen LogP contribution < -0.4 is 0 Å². The van der Waals surface area contributed by atoms with Gasteiger partial charge in [-0.05, 0) is 25.1 Å². The predicted octanol–water partition coefficient (Wildman–Crippen LogP) is 2.63. The second-order valence-corrected chi connectivity index (χ2v) is 4.32. The molecule has 1 aromatic heterocycles. The minimum Gasteiger partial charge on any atom is -0.334 e. The maximum Gasteiger partial charge on any atom is 0.257 e. The van der Waals surface area contributed by atoms with Crippen molar-refractivity contribution >= 4 is 21.7 Å². The summed E-state index contributed by atoms with van der Waals surface area (Å²) in [4.78, 5) is 15.0. The van der Waals surface area contributed by atoms with Crippen LogP contribution >= 0.6 is 15.9 Å². The second-order valence-electron chi connectivity index (χ2n) is 3.40. The SMILES string of the molecule is CC(=O)Cc1noc(-c2cccc(Br)c2)n1. The zero-order valence-corrected chi connectivity index (χ0v) is 10.2. The van der Waals surface area contributed by atoms with Crippen molar-refractivity contribution in [3.05, 3.63) is 34.6 Å². The lowest BCUT2D eigenvalue weighted by Gasteiger charge is -1.93. The molecule has 2 rings (SSSR count). The molecule has 0 bridgehead atoms. The van der Waals surface area contributed by atoms with Crippen LogP contribution in [-0.4, -0.2) is 15.9 Å². The maximum atomic E-state index is 10.9. The lowest BCUT2D eigenvalue weighted by atomic mass is 10.2. The molecule has 0 saturated heterocycles. The molecule has 0 amide bonds. The first kappa shape index (κ1) is 11.0. The minimum atomic E-state index is 0.0154. The second kappa shape index (κ2) is 4.57. The largest absolute Gasteiger partial charge is 0.334 e. The van der Waals surface area contributed by atoms with Crippen molar-refractivity contribution in [2.45, 2.75) is 13.3 Å². The fraction of sp³-hybridized carbons (Fsp3) is 0.182. The van der Waals surface area contributed by atoms with Crippen molar-refractivity contribution in [1.82, 2.24) is 10.1 Å². The first-order valence-corrected chi connectivity index (χ1v) is 5.52. The Hall–Kier alpha value is -1.49. The molecule has 0 saturated carbocycles. The van der Waals surface area contributed by atoms with Crippen LogP contribution in [0.5, 0.6) is 0 Å². The number of benzene rings is 1. The summed E-state index contributed by atoms with van der Waals surface area (Å²) in [6.45, 7) is 1.50. The van der Waals surface area contributed by atoms with Crippen molar-refractivity contribution < 1.29 is 9.32 Å². The van der Waals surface area contributed by atoms with Gasteiger partial charge in [-0.3, -0.25) is 4.79 Å². The number of hydrogen-bond donors (Lipinski definition) is 0. The number of rotatable bonds is 3. The van der Waals surface area contributed by atoms with E-state index in [0.717, 1.165) is 10.0 Å². The summed E-state index contributed by atoms with van der Waals surface area (Å²) in [5, 5.41) is 3.74. The fourth-order valence-electron chi connectivity index (χ4n) is 1.29. The third kappa shape index (κ3) is 2.55. The van der Waals surface area contributed by atoms with Gasteiger partial charge in [-0.2, -0.15) is 4.98 Å². The van der Waals surface area contributed by atoms with Gasteiger partial charge < -0.3 is 4.52 Å². The van der Waals surface area contributed by atoms with Crippen LogP contribution in [0.2, 0.25) is 0 Å². The molecule has 0 atom stereocenters. The lowest BCUT2D eigenvalue weighted by Crippen LogP contribution is -1.97. The van der Waals surface area contributed by atoms with Gasteiger partial charge in [0.15, 0.2) is 5.82 Å². The molecule has 1 aromatic carbocycles. The molecule has 5 heteroatoms. The van der Waals surface area contributed by atoms with Crippen LogP contribution in [0.3, 0.4) is 0 Å². The van der Waals surface area contributed by atoms with Gasteiger partial charge in [0.05, 0.1) is 6.42 Å². The van der Waals surface area contributed by atoms with E-state index in [1.165, 1.54) is 6.92 Å². The van der Waals surface area contributed by atoms with Crippen LogP contribution in [-0.2, 0) is 11.2 Å². The van der Waals surface area contributed by atoms with Crippen LogP contribution in [0.15, 0.2) is 33.3 Å². The number of Topliss-reactive ketones (excluding diaryl/α,β-unsaturated/α-hetero) is 1. The van der Waals surface area contributed by atoms with Gasteiger partial charge in [0.25, 0.3) is 5.89 Å². The Morgan fingerprint density at radius 2 is 2.31 bits per heavy atom. The highest BCUT2D eigenvalue weighted by Gasteiger charge is 2.10. The van der Waals surface area contributed by atoms with Gasteiger partial charge in [0.2, 0.25) is 0 Å². The van der Waals surface area contributed by atoms with E-state index < -0.39 is 0 Å². The topological polar surface area (TPSA) is 56.0 Å². The monoisotopic (exact) mass is 280 g/mol. The Morgan fingerprint density at radius 3 is 3.00 bits per heavy atom. The van der Waals surface area contributed by atoms with Crippen LogP contribution in [0, 0.1) is 0 Å². The number of carbonyl (C=O) groups excluding carboxylic acids is 1. The molecule has 0 spiro atoms. The molecule has 0 N–H and O–H groups in total. The Bertz CT molecular complexity index is 522. The number of hydrogen-bond acceptors (Lipinski definition) is 4. The molecule has 1 heterocycles. The molecular formula is C11H9BrN2O2. The summed E-state index contributed by atoms with van der Waals surface area (Å²) in [7, 11) is 0. The summed E-state index contributed by atoms with van der Waals surface area (Å²) in [5.41, 5.74) is 0.830. The Labute approximate surface area is 101 Å². The van der Waals surface area contributed by atoms with Crippen molar-refractivity contribution in [3.63, 3.8) is 0 Å². The van der Waals surface area contributed by atoms with Gasteiger partial charge in [0, 0.05) is 10.0 Å². The van der Waals surface area contributed by atoms with E-state index in [1.54, 1.807) is 0 Å². The molecule has 0 aliphatic heterocycles. The van der Waals surface area contributed by atoms with Gasteiger partial charge >= 0.3 is 0 Å².